The Hall–Kier alpha value is -6.94. The van der Waals surface area contributed by atoms with Gasteiger partial charge < -0.3 is 70.3 Å². The zero-order chi connectivity index (χ0) is 65.2. The number of nitrogens with one attached hydrogen (secondary N) is 1. The first kappa shape index (κ1) is 77.2. The van der Waals surface area contributed by atoms with Crippen molar-refractivity contribution in [3.8, 4) is 52.1 Å². The molecule has 3 aliphatic rings. The molecule has 29 nitrogen and oxygen atoms in total. The number of azide groups is 1. The van der Waals surface area contributed by atoms with Crippen molar-refractivity contribution in [2.75, 3.05) is 84.9 Å². The number of pyridine rings is 3. The van der Waals surface area contributed by atoms with Gasteiger partial charge in [0.1, 0.15) is 59.7 Å². The smallest absolute Gasteiger partial charge is 0.490 e. The van der Waals surface area contributed by atoms with Crippen molar-refractivity contribution >= 4 is 28.1 Å². The number of aryl methyl sites for hydroxylation is 2. The third-order valence-electron chi connectivity index (χ3n) is 11.6. The van der Waals surface area contributed by atoms with E-state index in [0.717, 1.165) is 60.1 Å². The van der Waals surface area contributed by atoms with Crippen LogP contribution in [-0.2, 0) is 22.6 Å². The molecule has 0 bridgehead atoms. The fourth-order valence-corrected chi connectivity index (χ4v) is 7.32. The second-order valence-electron chi connectivity index (χ2n) is 20.8. The van der Waals surface area contributed by atoms with E-state index in [9.17, 15) is 14.0 Å². The van der Waals surface area contributed by atoms with Gasteiger partial charge in [0.2, 0.25) is 0 Å². The molecule has 0 unspecified atom stereocenters. The fraction of sp³-hybridized carbons (Fsp3) is 0.589. The standard InChI is InChI=1S/C19H27N5O4.C16H20N2O3.C14H19N5O2.C3H7BrO.C3H7N3O.CH3F.N3.Na/c1-19(2,3)28-18(26)24-7-5-15(24)13-27-16-9-14(10-20-11-16)17-12-23(22-21-17)6-4-8-25;1-5-12-8-14(10-17-9-12)20-11-13-6-7-18(13)15(19)21-16(2,3)4;20-5-1-4-19-9-14(17-18-19)11-6-13(8-15-7-11)21-10-12-2-3-16-12;4-2-1-3-5;4-6-5-2-1-3-7;1-2;1-3-2;/h9-12,15,25H,4-8,13H2,1-3H3;1,8-10,13H,6-7,11H2,2-4H3;6-9,12,16,20H,1-5,10H2;5H,1-3H2;7H,1-3H2;1H3;;/q;;;;;;-1;+1/t15-;13-;12-;;;;;/m000...../s1/i;;;;;1D;;. The first-order valence-electron chi connectivity index (χ1n) is 28.5. The van der Waals surface area contributed by atoms with Crippen LogP contribution in [-0.4, -0.2) is 202 Å². The van der Waals surface area contributed by atoms with Gasteiger partial charge in [-0.25, -0.2) is 9.59 Å². The number of ether oxygens (including phenoxy) is 5. The van der Waals surface area contributed by atoms with Crippen molar-refractivity contribution in [2.45, 2.75) is 129 Å². The summed E-state index contributed by atoms with van der Waals surface area (Å²) >= 11 is 3.15. The average Bonchev–Trinajstić information content (AvgIpc) is 3.81. The number of hydrogen-bond donors (Lipinski definition) is 5. The molecule has 8 rings (SSSR count). The molecule has 5 N–H and O–H groups in total. The number of terminal acetylenes is 1. The molecule has 88 heavy (non-hydrogen) atoms. The molecule has 5 aromatic rings. The van der Waals surface area contributed by atoms with Crippen LogP contribution in [0.15, 0.2) is 72.9 Å². The number of nitrogens with zero attached hydrogens (tertiary/aromatic N) is 17. The van der Waals surface area contributed by atoms with Gasteiger partial charge in [-0.3, -0.25) is 33.6 Å². The minimum absolute atomic E-state index is 0. The Morgan fingerprint density at radius 1 is 0.727 bits per heavy atom. The topological polar surface area (TPSA) is 387 Å². The third kappa shape index (κ3) is 32.3. The van der Waals surface area contributed by atoms with Crippen molar-refractivity contribution in [3.05, 3.63) is 99.8 Å². The molecule has 3 saturated heterocycles. The summed E-state index contributed by atoms with van der Waals surface area (Å²) in [5.74, 6) is 4.47. The summed E-state index contributed by atoms with van der Waals surface area (Å²) in [7, 11) is -1.00. The molecule has 8 heterocycles. The summed E-state index contributed by atoms with van der Waals surface area (Å²) in [6, 6.07) is 6.01. The van der Waals surface area contributed by atoms with Gasteiger partial charge in [-0.1, -0.05) is 37.4 Å². The fourth-order valence-electron chi connectivity index (χ4n) is 7.07. The normalized spacial score (nSPS) is 15.0. The third-order valence-corrected chi connectivity index (χ3v) is 12.2. The summed E-state index contributed by atoms with van der Waals surface area (Å²) < 4.78 is 46.9. The second kappa shape index (κ2) is 45.3. The second-order valence-corrected chi connectivity index (χ2v) is 21.5. The predicted octanol–water partition coefficient (Wildman–Crippen LogP) is 4.92. The maximum absolute atomic E-state index is 12.2. The van der Waals surface area contributed by atoms with Gasteiger partial charge >= 0.3 is 41.7 Å². The van der Waals surface area contributed by atoms with E-state index < -0.39 is 18.4 Å². The van der Waals surface area contributed by atoms with Crippen LogP contribution in [0, 0.1) is 12.3 Å². The molecule has 478 valence electrons. The van der Waals surface area contributed by atoms with Crippen molar-refractivity contribution in [1.82, 2.24) is 60.1 Å². The van der Waals surface area contributed by atoms with E-state index in [0.29, 0.717) is 107 Å². The van der Waals surface area contributed by atoms with Crippen LogP contribution in [0.25, 0.3) is 48.9 Å². The van der Waals surface area contributed by atoms with E-state index in [4.69, 9.17) is 68.5 Å². The van der Waals surface area contributed by atoms with E-state index >= 15 is 0 Å². The molecule has 32 heteroatoms. The number of carbonyl (C=O) groups is 2. The molecule has 0 saturated carbocycles. The maximum Gasteiger partial charge on any atom is 1.00 e. The number of hydrogen-bond acceptors (Lipinski definition) is 20. The Bertz CT molecular complexity index is 2880. The predicted molar refractivity (Wildman–Crippen MR) is 326 cm³/mol. The number of alkyl halides is 2. The number of rotatable bonds is 22. The monoisotopic (exact) mass is 1310 g/mol. The van der Waals surface area contributed by atoms with Crippen LogP contribution in [0.5, 0.6) is 17.2 Å². The van der Waals surface area contributed by atoms with Gasteiger partial charge in [0, 0.05) is 111 Å². The molecule has 3 fully saturated rings. The molecule has 3 atom stereocenters. The van der Waals surface area contributed by atoms with Crippen LogP contribution in [0.2, 0.25) is 0 Å². The Balaban J connectivity index is 0.000000588. The van der Waals surface area contributed by atoms with E-state index in [1.54, 1.807) is 62.4 Å². The zero-order valence-electron chi connectivity index (χ0n) is 52.2. The van der Waals surface area contributed by atoms with E-state index in [1.807, 2.05) is 66.1 Å². The Kier molecular flexibility index (Phi) is 39.8. The number of aromatic nitrogens is 9. The first-order chi connectivity index (χ1) is 42.2. The van der Waals surface area contributed by atoms with Crippen molar-refractivity contribution in [1.29, 1.82) is 0 Å². The van der Waals surface area contributed by atoms with Gasteiger partial charge in [-0.05, 0) is 117 Å². The van der Waals surface area contributed by atoms with Crippen LogP contribution in [0.4, 0.5) is 14.0 Å². The molecule has 0 aromatic carbocycles. The van der Waals surface area contributed by atoms with Crippen molar-refractivity contribution < 1.29 is 89.0 Å². The summed E-state index contributed by atoms with van der Waals surface area (Å²) in [4.78, 5) is 43.9. The number of likely N-dealkylation sites (tertiary alicyclic amines) is 2. The van der Waals surface area contributed by atoms with Gasteiger partial charge in [-0.2, -0.15) is 0 Å². The van der Waals surface area contributed by atoms with Gasteiger partial charge in [0.05, 0.1) is 51.6 Å². The number of amides is 2. The summed E-state index contributed by atoms with van der Waals surface area (Å²) in [5, 5.41) is 57.6. The Labute approximate surface area is 544 Å². The van der Waals surface area contributed by atoms with Crippen molar-refractivity contribution in [2.24, 2.45) is 5.11 Å². The minimum Gasteiger partial charge on any atom is -0.490 e. The first-order valence-corrected chi connectivity index (χ1v) is 29.0. The van der Waals surface area contributed by atoms with Crippen LogP contribution >= 0.6 is 15.9 Å². The summed E-state index contributed by atoms with van der Waals surface area (Å²) in [5.41, 5.74) is 24.0. The number of aliphatic hydroxyl groups excluding tert-OH is 4. The van der Waals surface area contributed by atoms with Gasteiger partial charge in [-0.15, -0.1) is 16.6 Å². The van der Waals surface area contributed by atoms with E-state index in [-0.39, 0.29) is 73.6 Å². The van der Waals surface area contributed by atoms with Gasteiger partial charge in [0.25, 0.3) is 0 Å². The van der Waals surface area contributed by atoms with Crippen LogP contribution in [0.3, 0.4) is 0 Å². The summed E-state index contributed by atoms with van der Waals surface area (Å²) in [6.45, 7) is 17.3. The number of carbonyl (C=O) groups excluding carboxylic acids is 2. The van der Waals surface area contributed by atoms with E-state index in [2.05, 4.69) is 72.8 Å². The summed E-state index contributed by atoms with van der Waals surface area (Å²) in [6.07, 6.45) is 24.0. The largest absolute Gasteiger partial charge is 1.00 e. The Morgan fingerprint density at radius 2 is 1.15 bits per heavy atom. The van der Waals surface area contributed by atoms with Crippen LogP contribution in [0.1, 0.15) is 93.4 Å². The number of halogens is 2. The SMILES string of the molecule is C#Cc1cncc(OC[C@@H]2CCN2C(=O)OC(C)(C)C)c1.CC(C)(C)OC(=O)N1CC[C@H]1COc1cncc(-c2cn(CCCO)nn2)c1.OCCCBr.OCCCn1cc(-c2cncc(OC[C@@H]3CCN3)c2)nn1.[2H]CF.[N-]=[N+]=NCCCO.[N-]=[N+]=[N-].[Na+]. The maximum atomic E-state index is 12.2. The van der Waals surface area contributed by atoms with Crippen LogP contribution < -0.4 is 49.1 Å². The van der Waals surface area contributed by atoms with Gasteiger partial charge in [0.15, 0.2) is 0 Å². The Morgan fingerprint density at radius 3 is 1.49 bits per heavy atom. The quantitative estimate of drug-likeness (QED) is 0.0117. The average molecular weight is 1310 g/mol. The molecular formula is C56H83BrFN18NaO11. The molecule has 0 radical (unpaired) electrons. The molecule has 5 aromatic heterocycles. The van der Waals surface area contributed by atoms with Crippen molar-refractivity contribution in [3.63, 3.8) is 0 Å². The minimum atomic E-state index is -1.00. The molecular weight excluding hydrogens is 1220 g/mol. The molecule has 0 spiro atoms. The zero-order valence-corrected chi connectivity index (χ0v) is 54.8. The number of aliphatic hydroxyl groups is 4. The molecule has 0 aliphatic carbocycles. The molecule has 3 aliphatic heterocycles. The molecule has 2 amide bonds. The van der Waals surface area contributed by atoms with E-state index in [1.165, 1.54) is 4.91 Å².